The molecule has 1 N–H and O–H groups in total. The average molecular weight is 784 g/mol. The summed E-state index contributed by atoms with van der Waals surface area (Å²) < 4.78 is 87.7. The van der Waals surface area contributed by atoms with Gasteiger partial charge >= 0.3 is 12.4 Å². The van der Waals surface area contributed by atoms with Crippen molar-refractivity contribution in [3.05, 3.63) is 64.7 Å². The highest BCUT2D eigenvalue weighted by molar-refractivity contribution is 9.09. The second-order valence-electron chi connectivity index (χ2n) is 11.9. The van der Waals surface area contributed by atoms with E-state index in [4.69, 9.17) is 27.9 Å². The second-order valence-corrected chi connectivity index (χ2v) is 13.6. The van der Waals surface area contributed by atoms with Crippen LogP contribution in [0, 0.1) is 17.8 Å². The number of benzene rings is 2. The van der Waals surface area contributed by atoms with Crippen LogP contribution in [0.4, 0.5) is 32.0 Å². The van der Waals surface area contributed by atoms with E-state index in [0.29, 0.717) is 4.90 Å². The zero-order chi connectivity index (χ0) is 35.3. The van der Waals surface area contributed by atoms with Crippen molar-refractivity contribution in [2.75, 3.05) is 17.0 Å². The number of carbonyl (C=O) groups is 4. The number of hydrogen-bond donors (Lipinski definition) is 1. The number of ether oxygens (including phenoxy) is 1. The third kappa shape index (κ3) is 4.77. The van der Waals surface area contributed by atoms with Crippen molar-refractivity contribution in [2.45, 2.75) is 47.8 Å². The number of amides is 4. The van der Waals surface area contributed by atoms with Crippen LogP contribution in [0.1, 0.15) is 42.4 Å². The van der Waals surface area contributed by atoms with Gasteiger partial charge in [0.15, 0.2) is 21.2 Å². The Labute approximate surface area is 286 Å². The lowest BCUT2D eigenvalue weighted by molar-refractivity contribution is -0.143. The van der Waals surface area contributed by atoms with E-state index in [1.807, 2.05) is 0 Å². The van der Waals surface area contributed by atoms with Gasteiger partial charge in [0, 0.05) is 11.5 Å². The van der Waals surface area contributed by atoms with Crippen LogP contribution in [0.25, 0.3) is 0 Å². The number of fused-ring (bicyclic) bond motifs is 4. The molecule has 6 unspecified atom stereocenters. The van der Waals surface area contributed by atoms with E-state index >= 15 is 0 Å². The predicted octanol–water partition coefficient (Wildman–Crippen LogP) is 6.74. The summed E-state index contributed by atoms with van der Waals surface area (Å²) in [7, 11) is 0. The Hall–Kier alpha value is -3.30. The van der Waals surface area contributed by atoms with Crippen LogP contribution in [0.15, 0.2) is 48.0 Å². The van der Waals surface area contributed by atoms with Gasteiger partial charge in [0.25, 0.3) is 11.8 Å². The van der Waals surface area contributed by atoms with E-state index in [9.17, 15) is 50.6 Å². The molecule has 6 atom stereocenters. The van der Waals surface area contributed by atoms with Gasteiger partial charge in [-0.05, 0) is 49.9 Å². The molecule has 6 rings (SSSR count). The van der Waals surface area contributed by atoms with E-state index in [2.05, 4.69) is 15.9 Å². The molecule has 3 fully saturated rings. The molecule has 0 radical (unpaired) electrons. The molecule has 8 nitrogen and oxygen atoms in total. The van der Waals surface area contributed by atoms with Crippen LogP contribution in [0.2, 0.25) is 0 Å². The standard InChI is InChI=1S/C31H23BrCl2F6N2O6/c1-2-48-20-5-3-4-18(23(20)43)22-16-6-7-17-21(19(16)11-28(33)26(46)41(12-32)27(47)29(22,28)34)25(45)42(24(17)44)15-9-13(30(35,36)37)8-14(10-15)31(38,39)40/h3-6,8-10,17,19,21-22,43H,2,7,11-12H2,1H3. The van der Waals surface area contributed by atoms with E-state index in [1.165, 1.54) is 24.3 Å². The smallest absolute Gasteiger partial charge is 0.416 e. The number of aromatic hydroxyl groups is 1. The van der Waals surface area contributed by atoms with Gasteiger partial charge in [-0.2, -0.15) is 26.3 Å². The fraction of sp³-hybridized carbons (Fsp3) is 0.419. The number of hydrogen-bond acceptors (Lipinski definition) is 6. The third-order valence-electron chi connectivity index (χ3n) is 9.49. The van der Waals surface area contributed by atoms with Crippen molar-refractivity contribution < 1.29 is 55.4 Å². The van der Waals surface area contributed by atoms with Crippen LogP contribution < -0.4 is 9.64 Å². The summed E-state index contributed by atoms with van der Waals surface area (Å²) in [6.07, 6.45) is -9.71. The van der Waals surface area contributed by atoms with E-state index in [0.717, 1.165) is 4.90 Å². The first-order valence-corrected chi connectivity index (χ1v) is 16.3. The predicted molar refractivity (Wildman–Crippen MR) is 162 cm³/mol. The third-order valence-corrected chi connectivity index (χ3v) is 11.4. The molecule has 2 saturated heterocycles. The summed E-state index contributed by atoms with van der Waals surface area (Å²) >= 11 is 17.3. The lowest BCUT2D eigenvalue weighted by Gasteiger charge is -2.50. The molecular weight excluding hydrogens is 761 g/mol. The average Bonchev–Trinajstić information content (AvgIpc) is 3.35. The Bertz CT molecular complexity index is 1770. The molecule has 0 aromatic heterocycles. The SMILES string of the molecule is CCOc1cccc(C2C3=CCC4C(=O)N(c5cc(C(F)(F)F)cc(C(F)(F)F)c5)C(=O)C4C3CC3(Cl)C(=O)N(CBr)C(=O)C23Cl)c1O. The largest absolute Gasteiger partial charge is 0.504 e. The zero-order valence-corrected chi connectivity index (χ0v) is 27.6. The molecule has 4 amide bonds. The van der Waals surface area contributed by atoms with Crippen molar-refractivity contribution in [2.24, 2.45) is 17.8 Å². The first kappa shape index (κ1) is 34.6. The maximum absolute atomic E-state index is 14.1. The highest BCUT2D eigenvalue weighted by Gasteiger charge is 2.76. The molecule has 2 aliphatic carbocycles. The summed E-state index contributed by atoms with van der Waals surface area (Å²) in [5, 5.41) is 11.3. The molecule has 0 spiro atoms. The molecule has 2 aromatic rings. The first-order chi connectivity index (χ1) is 22.3. The maximum atomic E-state index is 14.1. The van der Waals surface area contributed by atoms with Crippen LogP contribution >= 0.6 is 39.1 Å². The van der Waals surface area contributed by atoms with Gasteiger partial charge in [-0.3, -0.25) is 24.1 Å². The number of imide groups is 2. The summed E-state index contributed by atoms with van der Waals surface area (Å²) in [4.78, 5) is 52.0. The van der Waals surface area contributed by atoms with E-state index in [1.54, 1.807) is 6.92 Å². The summed E-state index contributed by atoms with van der Waals surface area (Å²) in [5.41, 5.74) is -4.44. The fourth-order valence-electron chi connectivity index (χ4n) is 7.46. The number of likely N-dealkylation sites (tertiary alicyclic amines) is 1. The van der Waals surface area contributed by atoms with Crippen molar-refractivity contribution in [3.63, 3.8) is 0 Å². The molecule has 2 heterocycles. The number of nitrogens with zero attached hydrogens (tertiary/aromatic N) is 2. The maximum Gasteiger partial charge on any atom is 0.416 e. The topological polar surface area (TPSA) is 104 Å². The van der Waals surface area contributed by atoms with Crippen LogP contribution in [-0.4, -0.2) is 55.4 Å². The first-order valence-electron chi connectivity index (χ1n) is 14.4. The highest BCUT2D eigenvalue weighted by Crippen LogP contribution is 2.66. The number of phenols is 1. The van der Waals surface area contributed by atoms with Crippen LogP contribution in [0.3, 0.4) is 0 Å². The Morgan fingerprint density at radius 3 is 2.15 bits per heavy atom. The molecule has 256 valence electrons. The minimum Gasteiger partial charge on any atom is -0.504 e. The molecule has 2 aromatic carbocycles. The van der Waals surface area contributed by atoms with Gasteiger partial charge in [-0.25, -0.2) is 4.90 Å². The molecule has 17 heteroatoms. The zero-order valence-electron chi connectivity index (χ0n) is 24.5. The van der Waals surface area contributed by atoms with Crippen LogP contribution in [-0.2, 0) is 31.5 Å². The molecular formula is C31H23BrCl2F6N2O6. The van der Waals surface area contributed by atoms with Gasteiger partial charge in [0.2, 0.25) is 11.8 Å². The van der Waals surface area contributed by atoms with Crippen molar-refractivity contribution in [1.82, 2.24) is 4.90 Å². The summed E-state index contributed by atoms with van der Waals surface area (Å²) in [6, 6.07) is 4.81. The number of carbonyl (C=O) groups excluding carboxylic acids is 4. The van der Waals surface area contributed by atoms with Crippen molar-refractivity contribution in [3.8, 4) is 11.5 Å². The molecule has 0 bridgehead atoms. The van der Waals surface area contributed by atoms with Gasteiger partial charge < -0.3 is 9.84 Å². The normalized spacial score (nSPS) is 30.3. The van der Waals surface area contributed by atoms with Crippen molar-refractivity contribution >= 4 is 68.4 Å². The van der Waals surface area contributed by atoms with Gasteiger partial charge in [0.1, 0.15) is 0 Å². The van der Waals surface area contributed by atoms with E-state index < -0.39 is 98.4 Å². The Kier molecular flexibility index (Phi) is 8.19. The number of allylic oxidation sites excluding steroid dienone is 2. The van der Waals surface area contributed by atoms with Crippen LogP contribution in [0.5, 0.6) is 11.5 Å². The number of rotatable bonds is 5. The Balaban J connectivity index is 1.52. The summed E-state index contributed by atoms with van der Waals surface area (Å²) in [5.74, 6) is -9.67. The lowest BCUT2D eigenvalue weighted by Crippen LogP contribution is -2.60. The molecule has 48 heavy (non-hydrogen) atoms. The Morgan fingerprint density at radius 2 is 1.58 bits per heavy atom. The lowest BCUT2D eigenvalue weighted by atomic mass is 9.56. The van der Waals surface area contributed by atoms with E-state index in [-0.39, 0.29) is 53.6 Å². The number of para-hydroxylation sites is 1. The summed E-state index contributed by atoms with van der Waals surface area (Å²) in [6.45, 7) is 1.79. The molecule has 4 aliphatic rings. The highest BCUT2D eigenvalue weighted by atomic mass is 79.9. The number of phenolic OH excluding ortho intramolecular Hbond substituents is 1. The minimum absolute atomic E-state index is 0.00396. The van der Waals surface area contributed by atoms with Crippen molar-refractivity contribution in [1.29, 1.82) is 0 Å². The fourth-order valence-corrected chi connectivity index (χ4v) is 8.88. The van der Waals surface area contributed by atoms with Gasteiger partial charge in [-0.1, -0.05) is 39.7 Å². The number of alkyl halides is 9. The van der Waals surface area contributed by atoms with Gasteiger partial charge in [-0.15, -0.1) is 23.2 Å². The monoisotopic (exact) mass is 782 g/mol. The second kappa shape index (κ2) is 11.4. The molecule has 2 aliphatic heterocycles. The number of anilines is 1. The minimum atomic E-state index is -5.25. The quantitative estimate of drug-likeness (QED) is 0.119. The van der Waals surface area contributed by atoms with Gasteiger partial charge in [0.05, 0.1) is 40.7 Å². The Morgan fingerprint density at radius 1 is 0.958 bits per heavy atom. The number of halogens is 9. The molecule has 1 saturated carbocycles.